The van der Waals surface area contributed by atoms with Crippen molar-refractivity contribution in [1.82, 2.24) is 9.97 Å². The zero-order chi connectivity index (χ0) is 15.4. The molecule has 0 aliphatic carbocycles. The van der Waals surface area contributed by atoms with Crippen molar-refractivity contribution in [3.8, 4) is 11.6 Å². The van der Waals surface area contributed by atoms with Crippen LogP contribution >= 0.6 is 15.9 Å². The minimum absolute atomic E-state index is 0.0583. The first-order valence-electron chi connectivity index (χ1n) is 6.20. The standard InChI is InChI=1S/C13H13BrN4O3/c1-3-15-12-7-13(17-8(2)16-12)21-11-5-9(14)4-10(6-11)18(19)20/h4-7H,3H2,1-2H3,(H,15,16,17). The molecule has 0 atom stereocenters. The Morgan fingerprint density at radius 1 is 1.33 bits per heavy atom. The first kappa shape index (κ1) is 15.2. The summed E-state index contributed by atoms with van der Waals surface area (Å²) in [6.07, 6.45) is 0. The number of rotatable bonds is 5. The fourth-order valence-corrected chi connectivity index (χ4v) is 2.16. The van der Waals surface area contributed by atoms with Gasteiger partial charge in [-0.05, 0) is 19.9 Å². The van der Waals surface area contributed by atoms with Gasteiger partial charge in [-0.25, -0.2) is 4.98 Å². The smallest absolute Gasteiger partial charge is 0.274 e. The maximum absolute atomic E-state index is 10.8. The molecule has 2 rings (SSSR count). The lowest BCUT2D eigenvalue weighted by molar-refractivity contribution is -0.385. The lowest BCUT2D eigenvalue weighted by Crippen LogP contribution is -2.02. The van der Waals surface area contributed by atoms with E-state index in [1.54, 1.807) is 19.1 Å². The van der Waals surface area contributed by atoms with Crippen molar-refractivity contribution in [3.05, 3.63) is 44.7 Å². The van der Waals surface area contributed by atoms with Crippen LogP contribution in [0.2, 0.25) is 0 Å². The van der Waals surface area contributed by atoms with E-state index >= 15 is 0 Å². The molecule has 21 heavy (non-hydrogen) atoms. The van der Waals surface area contributed by atoms with Gasteiger partial charge in [0.05, 0.1) is 11.0 Å². The summed E-state index contributed by atoms with van der Waals surface area (Å²) >= 11 is 3.22. The molecule has 1 heterocycles. The highest BCUT2D eigenvalue weighted by molar-refractivity contribution is 9.10. The van der Waals surface area contributed by atoms with E-state index in [0.29, 0.717) is 27.7 Å². The zero-order valence-corrected chi connectivity index (χ0v) is 13.0. The Hall–Kier alpha value is -2.22. The molecule has 0 saturated carbocycles. The predicted molar refractivity (Wildman–Crippen MR) is 81.8 cm³/mol. The first-order valence-corrected chi connectivity index (χ1v) is 6.99. The van der Waals surface area contributed by atoms with E-state index in [9.17, 15) is 10.1 Å². The van der Waals surface area contributed by atoms with Gasteiger partial charge in [0.2, 0.25) is 5.88 Å². The fraction of sp³-hybridized carbons (Fsp3) is 0.231. The average Bonchev–Trinajstić information content (AvgIpc) is 2.37. The molecule has 0 aliphatic rings. The van der Waals surface area contributed by atoms with Crippen LogP contribution in [0, 0.1) is 17.0 Å². The number of hydrogen-bond donors (Lipinski definition) is 1. The summed E-state index contributed by atoms with van der Waals surface area (Å²) in [6.45, 7) is 4.42. The van der Waals surface area contributed by atoms with Crippen molar-refractivity contribution < 1.29 is 9.66 Å². The van der Waals surface area contributed by atoms with Crippen LogP contribution in [0.15, 0.2) is 28.7 Å². The molecule has 8 heteroatoms. The number of ether oxygens (including phenoxy) is 1. The third-order valence-corrected chi connectivity index (χ3v) is 2.92. The Kier molecular flexibility index (Phi) is 4.69. The maximum Gasteiger partial charge on any atom is 0.274 e. The monoisotopic (exact) mass is 352 g/mol. The molecule has 1 aromatic carbocycles. The van der Waals surface area contributed by atoms with Gasteiger partial charge < -0.3 is 10.1 Å². The van der Waals surface area contributed by atoms with Crippen LogP contribution < -0.4 is 10.1 Å². The summed E-state index contributed by atoms with van der Waals surface area (Å²) in [7, 11) is 0. The van der Waals surface area contributed by atoms with E-state index in [0.717, 1.165) is 6.54 Å². The van der Waals surface area contributed by atoms with Gasteiger partial charge in [0.1, 0.15) is 17.4 Å². The Morgan fingerprint density at radius 3 is 2.76 bits per heavy atom. The summed E-state index contributed by atoms with van der Waals surface area (Å²) < 4.78 is 6.15. The summed E-state index contributed by atoms with van der Waals surface area (Å²) in [5, 5.41) is 13.9. The van der Waals surface area contributed by atoms with Gasteiger partial charge >= 0.3 is 0 Å². The molecule has 1 aromatic heterocycles. The summed E-state index contributed by atoms with van der Waals surface area (Å²) in [6, 6.07) is 6.03. The van der Waals surface area contributed by atoms with Crippen LogP contribution in [0.4, 0.5) is 11.5 Å². The fourth-order valence-electron chi connectivity index (χ4n) is 1.70. The molecule has 0 aliphatic heterocycles. The Bertz CT molecular complexity index is 678. The van der Waals surface area contributed by atoms with E-state index in [2.05, 4.69) is 31.2 Å². The van der Waals surface area contributed by atoms with Crippen molar-refractivity contribution in [1.29, 1.82) is 0 Å². The number of benzene rings is 1. The minimum atomic E-state index is -0.479. The minimum Gasteiger partial charge on any atom is -0.439 e. The van der Waals surface area contributed by atoms with Gasteiger partial charge in [0.25, 0.3) is 5.69 Å². The van der Waals surface area contributed by atoms with E-state index in [1.807, 2.05) is 6.92 Å². The molecule has 7 nitrogen and oxygen atoms in total. The average molecular weight is 353 g/mol. The van der Waals surface area contributed by atoms with Crippen molar-refractivity contribution in [2.24, 2.45) is 0 Å². The van der Waals surface area contributed by atoms with Crippen molar-refractivity contribution in [2.45, 2.75) is 13.8 Å². The molecule has 0 bridgehead atoms. The van der Waals surface area contributed by atoms with Crippen molar-refractivity contribution >= 4 is 27.4 Å². The van der Waals surface area contributed by atoms with E-state index < -0.39 is 4.92 Å². The quantitative estimate of drug-likeness (QED) is 0.651. The molecule has 110 valence electrons. The number of halogens is 1. The second-order valence-electron chi connectivity index (χ2n) is 4.17. The number of non-ortho nitro benzene ring substituents is 1. The number of nitro benzene ring substituents is 1. The van der Waals surface area contributed by atoms with Crippen LogP contribution in [0.5, 0.6) is 11.6 Å². The number of nitro groups is 1. The summed E-state index contributed by atoms with van der Waals surface area (Å²) in [5.74, 6) is 1.85. The summed E-state index contributed by atoms with van der Waals surface area (Å²) in [5.41, 5.74) is -0.0583. The third kappa shape index (κ3) is 4.12. The number of hydrogen-bond acceptors (Lipinski definition) is 6. The van der Waals surface area contributed by atoms with Crippen LogP contribution in [0.3, 0.4) is 0 Å². The number of nitrogens with one attached hydrogen (secondary N) is 1. The molecule has 2 aromatic rings. The number of anilines is 1. The molecular formula is C13H13BrN4O3. The number of aryl methyl sites for hydroxylation is 1. The van der Waals surface area contributed by atoms with Gasteiger partial charge in [0.15, 0.2) is 0 Å². The molecule has 0 saturated heterocycles. The largest absolute Gasteiger partial charge is 0.439 e. The van der Waals surface area contributed by atoms with Crippen LogP contribution in [0.25, 0.3) is 0 Å². The molecular weight excluding hydrogens is 340 g/mol. The number of nitrogens with zero attached hydrogens (tertiary/aromatic N) is 3. The Balaban J connectivity index is 2.31. The molecule has 0 fully saturated rings. The van der Waals surface area contributed by atoms with Gasteiger partial charge in [-0.3, -0.25) is 10.1 Å². The lowest BCUT2D eigenvalue weighted by Gasteiger charge is -2.08. The highest BCUT2D eigenvalue weighted by atomic mass is 79.9. The highest BCUT2D eigenvalue weighted by Crippen LogP contribution is 2.29. The second kappa shape index (κ2) is 6.49. The van der Waals surface area contributed by atoms with E-state index in [-0.39, 0.29) is 5.69 Å². The maximum atomic E-state index is 10.8. The molecule has 1 N–H and O–H groups in total. The molecule has 0 unspecified atom stereocenters. The van der Waals surface area contributed by atoms with Crippen LogP contribution in [-0.4, -0.2) is 21.4 Å². The van der Waals surface area contributed by atoms with Gasteiger partial charge in [-0.15, -0.1) is 0 Å². The summed E-state index contributed by atoms with van der Waals surface area (Å²) in [4.78, 5) is 18.7. The normalized spacial score (nSPS) is 10.2. The third-order valence-electron chi connectivity index (χ3n) is 2.46. The second-order valence-corrected chi connectivity index (χ2v) is 5.09. The molecule has 0 amide bonds. The van der Waals surface area contributed by atoms with E-state index in [1.165, 1.54) is 12.1 Å². The van der Waals surface area contributed by atoms with Gasteiger partial charge in [-0.1, -0.05) is 15.9 Å². The van der Waals surface area contributed by atoms with Crippen molar-refractivity contribution in [3.63, 3.8) is 0 Å². The molecule has 0 spiro atoms. The van der Waals surface area contributed by atoms with Crippen molar-refractivity contribution in [2.75, 3.05) is 11.9 Å². The highest BCUT2D eigenvalue weighted by Gasteiger charge is 2.11. The van der Waals surface area contributed by atoms with Gasteiger partial charge in [-0.2, -0.15) is 4.98 Å². The molecule has 0 radical (unpaired) electrons. The predicted octanol–water partition coefficient (Wildman–Crippen LogP) is 3.68. The SMILES string of the molecule is CCNc1cc(Oc2cc(Br)cc([N+](=O)[O-])c2)nc(C)n1. The van der Waals surface area contributed by atoms with E-state index in [4.69, 9.17) is 4.74 Å². The zero-order valence-electron chi connectivity index (χ0n) is 11.5. The Labute approximate surface area is 129 Å². The Morgan fingerprint density at radius 2 is 2.10 bits per heavy atom. The van der Waals surface area contributed by atoms with Gasteiger partial charge in [0, 0.05) is 23.2 Å². The van der Waals surface area contributed by atoms with Crippen LogP contribution in [-0.2, 0) is 0 Å². The number of aromatic nitrogens is 2. The van der Waals surface area contributed by atoms with Crippen LogP contribution in [0.1, 0.15) is 12.7 Å². The topological polar surface area (TPSA) is 90.2 Å². The first-order chi connectivity index (χ1) is 9.97. The lowest BCUT2D eigenvalue weighted by atomic mass is 10.3.